The van der Waals surface area contributed by atoms with Crippen LogP contribution in [0, 0.1) is 5.92 Å². The van der Waals surface area contributed by atoms with E-state index in [1.54, 1.807) is 19.2 Å². The molecule has 1 amide bonds. The Bertz CT molecular complexity index is 453. The molecule has 0 radical (unpaired) electrons. The van der Waals surface area contributed by atoms with Gasteiger partial charge in [0.15, 0.2) is 0 Å². The number of anilines is 1. The molecule has 1 saturated carbocycles. The predicted molar refractivity (Wildman–Crippen MR) is 79.9 cm³/mol. The van der Waals surface area contributed by atoms with Gasteiger partial charge in [-0.05, 0) is 49.8 Å². The van der Waals surface area contributed by atoms with Crippen molar-refractivity contribution in [3.63, 3.8) is 0 Å². The minimum Gasteiger partial charge on any atom is -0.381 e. The molecule has 2 N–H and O–H groups in total. The highest BCUT2D eigenvalue weighted by Gasteiger charge is 2.19. The number of benzene rings is 1. The third kappa shape index (κ3) is 3.63. The number of hydrogen-bond donors (Lipinski definition) is 2. The lowest BCUT2D eigenvalue weighted by molar-refractivity contribution is 0.0963. The van der Waals surface area contributed by atoms with Gasteiger partial charge in [-0.1, -0.05) is 18.5 Å². The highest BCUT2D eigenvalue weighted by atomic mass is 35.5. The van der Waals surface area contributed by atoms with Crippen molar-refractivity contribution < 1.29 is 4.79 Å². The van der Waals surface area contributed by atoms with Gasteiger partial charge in [-0.2, -0.15) is 0 Å². The topological polar surface area (TPSA) is 41.1 Å². The summed E-state index contributed by atoms with van der Waals surface area (Å²) in [5.41, 5.74) is 1.50. The maximum Gasteiger partial charge on any atom is 0.251 e. The average molecular weight is 281 g/mol. The Labute approximate surface area is 119 Å². The lowest BCUT2D eigenvalue weighted by Gasteiger charge is -2.28. The molecule has 1 aromatic carbocycles. The molecule has 0 saturated heterocycles. The number of amides is 1. The molecule has 1 aliphatic carbocycles. The van der Waals surface area contributed by atoms with Crippen LogP contribution in [-0.2, 0) is 0 Å². The van der Waals surface area contributed by atoms with E-state index in [0.29, 0.717) is 16.6 Å². The van der Waals surface area contributed by atoms with E-state index in [2.05, 4.69) is 17.6 Å². The minimum atomic E-state index is -0.0861. The van der Waals surface area contributed by atoms with Gasteiger partial charge in [0.1, 0.15) is 0 Å². The molecule has 4 heteroatoms. The number of rotatable bonds is 3. The zero-order valence-corrected chi connectivity index (χ0v) is 12.3. The van der Waals surface area contributed by atoms with E-state index >= 15 is 0 Å². The second-order valence-corrected chi connectivity index (χ2v) is 5.78. The molecule has 2 rings (SSSR count). The maximum atomic E-state index is 11.6. The third-order valence-corrected chi connectivity index (χ3v) is 4.16. The van der Waals surface area contributed by atoms with Crippen molar-refractivity contribution >= 4 is 23.2 Å². The lowest BCUT2D eigenvalue weighted by Crippen LogP contribution is -2.25. The van der Waals surface area contributed by atoms with Gasteiger partial charge in [0.2, 0.25) is 0 Å². The summed E-state index contributed by atoms with van der Waals surface area (Å²) in [5, 5.41) is 6.78. The van der Waals surface area contributed by atoms with E-state index in [1.807, 2.05) is 6.07 Å². The second-order valence-electron chi connectivity index (χ2n) is 5.37. The van der Waals surface area contributed by atoms with Crippen molar-refractivity contribution in [2.24, 2.45) is 5.92 Å². The summed E-state index contributed by atoms with van der Waals surface area (Å²) < 4.78 is 0. The molecule has 1 aromatic rings. The number of carbonyl (C=O) groups is 1. The molecule has 1 aliphatic rings. The number of nitrogens with one attached hydrogen (secondary N) is 2. The Hall–Kier alpha value is -1.22. The summed E-state index contributed by atoms with van der Waals surface area (Å²) in [6, 6.07) is 5.82. The summed E-state index contributed by atoms with van der Waals surface area (Å²) in [7, 11) is 1.63. The van der Waals surface area contributed by atoms with Crippen LogP contribution in [0.3, 0.4) is 0 Å². The van der Waals surface area contributed by atoms with Crippen LogP contribution in [0.4, 0.5) is 5.69 Å². The summed E-state index contributed by atoms with van der Waals surface area (Å²) >= 11 is 6.20. The van der Waals surface area contributed by atoms with Crippen LogP contribution in [0.5, 0.6) is 0 Å². The Morgan fingerprint density at radius 2 is 1.95 bits per heavy atom. The van der Waals surface area contributed by atoms with Crippen LogP contribution in [0.25, 0.3) is 0 Å². The fourth-order valence-electron chi connectivity index (χ4n) is 2.55. The largest absolute Gasteiger partial charge is 0.381 e. The summed E-state index contributed by atoms with van der Waals surface area (Å²) in [6.45, 7) is 2.30. The van der Waals surface area contributed by atoms with Gasteiger partial charge in [0, 0.05) is 18.7 Å². The Kier molecular flexibility index (Phi) is 4.70. The standard InChI is InChI=1S/C15H21ClN2O/c1-10-3-6-12(7-4-10)18-14-9-11(15(19)17-2)5-8-13(14)16/h5,8-10,12,18H,3-4,6-7H2,1-2H3,(H,17,19). The van der Waals surface area contributed by atoms with E-state index in [9.17, 15) is 4.79 Å². The van der Waals surface area contributed by atoms with Gasteiger partial charge in [0.25, 0.3) is 5.91 Å². The fourth-order valence-corrected chi connectivity index (χ4v) is 2.72. The molecule has 104 valence electrons. The van der Waals surface area contributed by atoms with Crippen LogP contribution in [0.15, 0.2) is 18.2 Å². The van der Waals surface area contributed by atoms with Crippen molar-refractivity contribution in [3.05, 3.63) is 28.8 Å². The van der Waals surface area contributed by atoms with E-state index < -0.39 is 0 Å². The molecule has 0 unspecified atom stereocenters. The van der Waals surface area contributed by atoms with E-state index in [0.717, 1.165) is 11.6 Å². The first-order chi connectivity index (χ1) is 9.10. The van der Waals surface area contributed by atoms with Crippen molar-refractivity contribution in [2.75, 3.05) is 12.4 Å². The van der Waals surface area contributed by atoms with Crippen molar-refractivity contribution in [1.29, 1.82) is 0 Å². The van der Waals surface area contributed by atoms with Gasteiger partial charge in [-0.15, -0.1) is 0 Å². The number of halogens is 1. The molecular formula is C15H21ClN2O. The minimum absolute atomic E-state index is 0.0861. The Morgan fingerprint density at radius 1 is 1.26 bits per heavy atom. The first-order valence-electron chi connectivity index (χ1n) is 6.88. The van der Waals surface area contributed by atoms with Crippen molar-refractivity contribution in [2.45, 2.75) is 38.6 Å². The molecule has 3 nitrogen and oxygen atoms in total. The van der Waals surface area contributed by atoms with Gasteiger partial charge in [-0.3, -0.25) is 4.79 Å². The van der Waals surface area contributed by atoms with E-state index in [1.165, 1.54) is 25.7 Å². The maximum absolute atomic E-state index is 11.6. The van der Waals surface area contributed by atoms with Crippen LogP contribution < -0.4 is 10.6 Å². The van der Waals surface area contributed by atoms with Crippen LogP contribution in [0.2, 0.25) is 5.02 Å². The number of carbonyl (C=O) groups excluding carboxylic acids is 1. The molecule has 1 fully saturated rings. The van der Waals surface area contributed by atoms with Crippen LogP contribution in [-0.4, -0.2) is 19.0 Å². The molecule has 0 atom stereocenters. The Balaban J connectivity index is 2.08. The second kappa shape index (κ2) is 6.29. The van der Waals surface area contributed by atoms with E-state index in [-0.39, 0.29) is 5.91 Å². The van der Waals surface area contributed by atoms with Crippen LogP contribution >= 0.6 is 11.6 Å². The average Bonchev–Trinajstić information content (AvgIpc) is 2.43. The summed E-state index contributed by atoms with van der Waals surface area (Å²) in [6.07, 6.45) is 4.85. The van der Waals surface area contributed by atoms with Crippen molar-refractivity contribution in [1.82, 2.24) is 5.32 Å². The highest BCUT2D eigenvalue weighted by molar-refractivity contribution is 6.33. The molecule has 0 aromatic heterocycles. The normalized spacial score (nSPS) is 22.9. The molecule has 0 heterocycles. The quantitative estimate of drug-likeness (QED) is 0.887. The van der Waals surface area contributed by atoms with Gasteiger partial charge in [0.05, 0.1) is 10.7 Å². The monoisotopic (exact) mass is 280 g/mol. The highest BCUT2D eigenvalue weighted by Crippen LogP contribution is 2.29. The van der Waals surface area contributed by atoms with Crippen LogP contribution in [0.1, 0.15) is 43.0 Å². The number of hydrogen-bond acceptors (Lipinski definition) is 2. The Morgan fingerprint density at radius 3 is 2.58 bits per heavy atom. The third-order valence-electron chi connectivity index (χ3n) is 3.83. The fraction of sp³-hybridized carbons (Fsp3) is 0.533. The molecular weight excluding hydrogens is 260 g/mol. The molecule has 0 bridgehead atoms. The van der Waals surface area contributed by atoms with Gasteiger partial charge >= 0.3 is 0 Å². The molecule has 19 heavy (non-hydrogen) atoms. The molecule has 0 aliphatic heterocycles. The predicted octanol–water partition coefficient (Wildman–Crippen LogP) is 3.69. The van der Waals surface area contributed by atoms with Gasteiger partial charge in [-0.25, -0.2) is 0 Å². The first kappa shape index (κ1) is 14.2. The van der Waals surface area contributed by atoms with Gasteiger partial charge < -0.3 is 10.6 Å². The zero-order chi connectivity index (χ0) is 13.8. The summed E-state index contributed by atoms with van der Waals surface area (Å²) in [4.78, 5) is 11.6. The summed E-state index contributed by atoms with van der Waals surface area (Å²) in [5.74, 6) is 0.739. The first-order valence-corrected chi connectivity index (χ1v) is 7.26. The smallest absolute Gasteiger partial charge is 0.251 e. The molecule has 0 spiro atoms. The van der Waals surface area contributed by atoms with E-state index in [4.69, 9.17) is 11.6 Å². The van der Waals surface area contributed by atoms with Crippen molar-refractivity contribution in [3.8, 4) is 0 Å². The SMILES string of the molecule is CNC(=O)c1ccc(Cl)c(NC2CCC(C)CC2)c1. The zero-order valence-electron chi connectivity index (χ0n) is 11.5. The lowest BCUT2D eigenvalue weighted by atomic mass is 9.87.